The first kappa shape index (κ1) is 15.6. The van der Waals surface area contributed by atoms with Gasteiger partial charge in [-0.15, -0.1) is 0 Å². The van der Waals surface area contributed by atoms with Crippen molar-refractivity contribution in [2.75, 3.05) is 0 Å². The maximum absolute atomic E-state index is 10.3. The zero-order valence-corrected chi connectivity index (χ0v) is 11.9. The summed E-state index contributed by atoms with van der Waals surface area (Å²) >= 11 is 0. The molecule has 0 atom stereocenters. The van der Waals surface area contributed by atoms with E-state index in [4.69, 9.17) is 4.43 Å². The van der Waals surface area contributed by atoms with Crippen LogP contribution in [0.1, 0.15) is 27.7 Å². The molecule has 5 heteroatoms. The van der Waals surface area contributed by atoms with Crippen molar-refractivity contribution in [3.63, 3.8) is 0 Å². The third-order valence-corrected chi connectivity index (χ3v) is 7.62. The highest BCUT2D eigenvalue weighted by atomic mass is 28.4. The van der Waals surface area contributed by atoms with Crippen molar-refractivity contribution in [2.24, 2.45) is 0 Å². The van der Waals surface area contributed by atoms with Crippen LogP contribution in [0.25, 0.3) is 0 Å². The Labute approximate surface area is 104 Å². The first-order chi connectivity index (χ1) is 7.86. The average molecular weight is 255 g/mol. The van der Waals surface area contributed by atoms with E-state index in [2.05, 4.69) is 34.3 Å². The molecule has 0 aliphatic carbocycles. The summed E-state index contributed by atoms with van der Waals surface area (Å²) in [4.78, 5) is 9.74. The smallest absolute Gasteiger partial charge is 0.280 e. The van der Waals surface area contributed by atoms with Crippen LogP contribution in [-0.4, -0.2) is 13.2 Å². The summed E-state index contributed by atoms with van der Waals surface area (Å²) in [7, 11) is -2.18. The van der Waals surface area contributed by atoms with Crippen LogP contribution in [0.2, 0.25) is 11.1 Å². The van der Waals surface area contributed by atoms with Crippen molar-refractivity contribution in [2.45, 2.75) is 38.8 Å². The van der Waals surface area contributed by atoms with Crippen molar-refractivity contribution in [3.8, 4) is 0 Å². The Morgan fingerprint density at radius 3 is 2.18 bits per heavy atom. The van der Waals surface area contributed by atoms with E-state index in [0.29, 0.717) is 11.1 Å². The van der Waals surface area contributed by atoms with Crippen LogP contribution >= 0.6 is 0 Å². The van der Waals surface area contributed by atoms with Crippen molar-refractivity contribution in [1.29, 1.82) is 0 Å². The molecule has 0 aromatic rings. The molecule has 0 spiro atoms. The predicted octanol–water partition coefficient (Wildman–Crippen LogP) is 3.80. The van der Waals surface area contributed by atoms with Crippen LogP contribution in [0.5, 0.6) is 0 Å². The molecule has 0 saturated heterocycles. The molecular formula is C12H21NO3Si. The van der Waals surface area contributed by atoms with Crippen molar-refractivity contribution in [1.82, 2.24) is 0 Å². The van der Waals surface area contributed by atoms with E-state index < -0.39 is 13.2 Å². The molecule has 17 heavy (non-hydrogen) atoms. The van der Waals surface area contributed by atoms with E-state index in [-0.39, 0.29) is 0 Å². The van der Waals surface area contributed by atoms with Crippen molar-refractivity contribution in [3.05, 3.63) is 47.0 Å². The highest BCUT2D eigenvalue weighted by molar-refractivity contribution is 6.81. The fourth-order valence-corrected chi connectivity index (χ4v) is 5.24. The molecule has 0 saturated carbocycles. The Kier molecular flexibility index (Phi) is 6.49. The third kappa shape index (κ3) is 4.56. The van der Waals surface area contributed by atoms with Gasteiger partial charge >= 0.3 is 0 Å². The van der Waals surface area contributed by atoms with Gasteiger partial charge in [0.25, 0.3) is 14.5 Å². The van der Waals surface area contributed by atoms with Gasteiger partial charge in [0.05, 0.1) is 4.92 Å². The van der Waals surface area contributed by atoms with Gasteiger partial charge in [0.15, 0.2) is 0 Å². The van der Waals surface area contributed by atoms with Gasteiger partial charge in [-0.2, -0.15) is 0 Å². The second-order valence-corrected chi connectivity index (χ2v) is 9.03. The molecule has 0 aliphatic rings. The molecule has 96 valence electrons. The van der Waals surface area contributed by atoms with Crippen molar-refractivity contribution < 1.29 is 9.35 Å². The first-order valence-electron chi connectivity index (χ1n) is 5.65. The molecule has 0 rings (SSSR count). The fourth-order valence-electron chi connectivity index (χ4n) is 1.78. The lowest BCUT2D eigenvalue weighted by Gasteiger charge is -2.34. The van der Waals surface area contributed by atoms with Crippen molar-refractivity contribution >= 4 is 8.32 Å². The minimum absolute atomic E-state index is 0.329. The number of allylic oxidation sites excluding steroid dienone is 2. The van der Waals surface area contributed by atoms with E-state index in [9.17, 15) is 10.1 Å². The van der Waals surface area contributed by atoms with Gasteiger partial charge in [0.1, 0.15) is 6.26 Å². The Balaban J connectivity index is 5.11. The summed E-state index contributed by atoms with van der Waals surface area (Å²) in [5, 5.41) is 10.3. The van der Waals surface area contributed by atoms with E-state index in [0.717, 1.165) is 6.20 Å². The number of nitro groups is 1. The topological polar surface area (TPSA) is 52.4 Å². The van der Waals surface area contributed by atoms with Crippen LogP contribution in [0.3, 0.4) is 0 Å². The fraction of sp³-hybridized carbons (Fsp3) is 0.500. The number of hydrogen-bond acceptors (Lipinski definition) is 3. The number of nitrogens with zero attached hydrogens (tertiary/aromatic N) is 1. The summed E-state index contributed by atoms with van der Waals surface area (Å²) in [5.74, 6) is 0. The largest absolute Gasteiger partial charge is 0.540 e. The van der Waals surface area contributed by atoms with Gasteiger partial charge in [-0.25, -0.2) is 0 Å². The van der Waals surface area contributed by atoms with E-state index in [1.165, 1.54) is 6.26 Å². The zero-order chi connectivity index (χ0) is 13.5. The molecule has 0 aromatic carbocycles. The van der Waals surface area contributed by atoms with Crippen LogP contribution in [0.15, 0.2) is 36.9 Å². The molecule has 0 aromatic heterocycles. The minimum atomic E-state index is -2.18. The Bertz CT molecular complexity index is 314. The minimum Gasteiger partial charge on any atom is -0.540 e. The van der Waals surface area contributed by atoms with Crippen LogP contribution in [0.4, 0.5) is 0 Å². The SMILES string of the molecule is C=C/C=C/[Si](O/C=C/[N+](=O)[O-])(C(C)C)C(C)C. The van der Waals surface area contributed by atoms with Gasteiger partial charge in [-0.05, 0) is 11.1 Å². The quantitative estimate of drug-likeness (QED) is 0.228. The number of rotatable bonds is 7. The molecule has 0 fully saturated rings. The first-order valence-corrected chi connectivity index (χ1v) is 7.79. The second-order valence-electron chi connectivity index (χ2n) is 4.45. The lowest BCUT2D eigenvalue weighted by Crippen LogP contribution is -2.41. The molecule has 4 nitrogen and oxygen atoms in total. The zero-order valence-electron chi connectivity index (χ0n) is 10.9. The predicted molar refractivity (Wildman–Crippen MR) is 72.5 cm³/mol. The van der Waals surface area contributed by atoms with Crippen LogP contribution < -0.4 is 0 Å². The average Bonchev–Trinajstić information content (AvgIpc) is 2.21. The van der Waals surface area contributed by atoms with Crippen LogP contribution in [-0.2, 0) is 4.43 Å². The van der Waals surface area contributed by atoms with Crippen LogP contribution in [0, 0.1) is 10.1 Å². The number of hydrogen-bond donors (Lipinski definition) is 0. The van der Waals surface area contributed by atoms with Gasteiger partial charge in [-0.3, -0.25) is 10.1 Å². The third-order valence-electron chi connectivity index (χ3n) is 2.75. The molecule has 0 aliphatic heterocycles. The maximum Gasteiger partial charge on any atom is 0.280 e. The molecular weight excluding hydrogens is 234 g/mol. The molecule has 0 radical (unpaired) electrons. The summed E-state index contributed by atoms with van der Waals surface area (Å²) in [6.07, 6.45) is 5.62. The molecule has 0 bridgehead atoms. The van der Waals surface area contributed by atoms with E-state index >= 15 is 0 Å². The summed E-state index contributed by atoms with van der Waals surface area (Å²) < 4.78 is 5.75. The lowest BCUT2D eigenvalue weighted by atomic mass is 10.5. The highest BCUT2D eigenvalue weighted by Crippen LogP contribution is 2.34. The highest BCUT2D eigenvalue weighted by Gasteiger charge is 2.40. The normalized spacial score (nSPS) is 12.8. The molecule has 0 N–H and O–H groups in total. The van der Waals surface area contributed by atoms with E-state index in [1.807, 2.05) is 11.8 Å². The summed E-state index contributed by atoms with van der Waals surface area (Å²) in [6.45, 7) is 12.0. The Hall–Kier alpha value is -1.36. The summed E-state index contributed by atoms with van der Waals surface area (Å²) in [5.41, 5.74) is 2.70. The van der Waals surface area contributed by atoms with Gasteiger partial charge in [0.2, 0.25) is 0 Å². The van der Waals surface area contributed by atoms with E-state index in [1.54, 1.807) is 6.08 Å². The lowest BCUT2D eigenvalue weighted by molar-refractivity contribution is -0.403. The van der Waals surface area contributed by atoms with Gasteiger partial charge < -0.3 is 4.43 Å². The summed E-state index contributed by atoms with van der Waals surface area (Å²) in [6, 6.07) is 0. The molecule has 0 heterocycles. The monoisotopic (exact) mass is 255 g/mol. The maximum atomic E-state index is 10.3. The standard InChI is InChI=1S/C12H21NO3Si/c1-6-7-10-17(11(2)3,12(4)5)16-9-8-13(14)15/h6-12H,1H2,2-5H3/b9-8+,10-7+. The Morgan fingerprint density at radius 1 is 1.29 bits per heavy atom. The van der Waals surface area contributed by atoms with Gasteiger partial charge in [-0.1, -0.05) is 52.1 Å². The second kappa shape index (κ2) is 7.06. The molecule has 0 unspecified atom stereocenters. The Morgan fingerprint density at radius 2 is 1.82 bits per heavy atom. The molecule has 0 amide bonds. The van der Waals surface area contributed by atoms with Gasteiger partial charge in [0, 0.05) is 0 Å².